The van der Waals surface area contributed by atoms with Crippen molar-refractivity contribution >= 4 is 39.4 Å². The van der Waals surface area contributed by atoms with E-state index in [4.69, 9.17) is 16.3 Å². The summed E-state index contributed by atoms with van der Waals surface area (Å²) in [7, 11) is -4.04. The molecule has 0 aromatic heterocycles. The number of nitrogens with one attached hydrogen (secondary N) is 1. The Morgan fingerprint density at radius 1 is 0.950 bits per heavy atom. The van der Waals surface area contributed by atoms with Crippen LogP contribution in [0.25, 0.3) is 0 Å². The molecule has 0 aliphatic carbocycles. The molecule has 206 valence electrons. The summed E-state index contributed by atoms with van der Waals surface area (Å²) in [4.78, 5) is 13.4. The summed E-state index contributed by atoms with van der Waals surface area (Å²) >= 11 is 6.05. The lowest BCUT2D eigenvalue weighted by Gasteiger charge is -2.26. The molecule has 0 saturated heterocycles. The third-order valence-corrected chi connectivity index (χ3v) is 8.02. The van der Waals surface area contributed by atoms with Crippen molar-refractivity contribution in [2.24, 2.45) is 5.10 Å². The summed E-state index contributed by atoms with van der Waals surface area (Å²) in [6, 6.07) is 27.4. The molecule has 0 spiro atoms. The monoisotopic (exact) mass is 575 g/mol. The maximum absolute atomic E-state index is 13.9. The number of nitrogens with zero attached hydrogens (tertiary/aromatic N) is 2. The van der Waals surface area contributed by atoms with Crippen molar-refractivity contribution in [3.63, 3.8) is 0 Å². The quantitative estimate of drug-likeness (QED) is 0.161. The Labute approximate surface area is 240 Å². The molecule has 4 aromatic carbocycles. The maximum Gasteiger partial charge on any atom is 0.273 e. The van der Waals surface area contributed by atoms with Crippen LogP contribution in [0.2, 0.25) is 5.02 Å². The largest absolute Gasteiger partial charge is 0.494 e. The first-order chi connectivity index (χ1) is 19.3. The van der Waals surface area contributed by atoms with Gasteiger partial charge in [0.15, 0.2) is 0 Å². The lowest BCUT2D eigenvalue weighted by molar-refractivity contribution is 0.0955. The van der Waals surface area contributed by atoms with Gasteiger partial charge in [0, 0.05) is 5.02 Å². The third-order valence-electron chi connectivity index (χ3n) is 6.00. The molecule has 0 aliphatic heterocycles. The fourth-order valence-electron chi connectivity index (χ4n) is 3.87. The summed E-state index contributed by atoms with van der Waals surface area (Å²) in [5.41, 5.74) is 5.32. The minimum Gasteiger partial charge on any atom is -0.494 e. The molecule has 0 bridgehead atoms. The van der Waals surface area contributed by atoms with E-state index in [0.29, 0.717) is 17.2 Å². The number of aryl methyl sites for hydroxylation is 1. The number of carbonyl (C=O) groups excluding carboxylic acids is 1. The summed E-state index contributed by atoms with van der Waals surface area (Å²) < 4.78 is 34.6. The van der Waals surface area contributed by atoms with E-state index in [1.807, 2.05) is 38.1 Å². The maximum atomic E-state index is 13.9. The minimum absolute atomic E-state index is 0.00656. The van der Waals surface area contributed by atoms with E-state index in [1.54, 1.807) is 72.8 Å². The number of benzene rings is 4. The molecule has 4 aromatic rings. The lowest BCUT2D eigenvalue weighted by Crippen LogP contribution is -2.33. The van der Waals surface area contributed by atoms with Gasteiger partial charge in [0.25, 0.3) is 15.9 Å². The van der Waals surface area contributed by atoms with Crippen molar-refractivity contribution in [2.75, 3.05) is 10.9 Å². The Bertz CT molecular complexity index is 1570. The van der Waals surface area contributed by atoms with Crippen LogP contribution in [0.15, 0.2) is 107 Å². The van der Waals surface area contributed by atoms with Crippen LogP contribution in [0, 0.1) is 6.92 Å². The smallest absolute Gasteiger partial charge is 0.273 e. The molecule has 9 heteroatoms. The first-order valence-electron chi connectivity index (χ1n) is 12.8. The van der Waals surface area contributed by atoms with E-state index in [1.165, 1.54) is 10.5 Å². The molecule has 1 amide bonds. The van der Waals surface area contributed by atoms with Crippen LogP contribution in [0.5, 0.6) is 5.75 Å². The van der Waals surface area contributed by atoms with E-state index >= 15 is 0 Å². The minimum atomic E-state index is -4.04. The fraction of sp³-hybridized carbons (Fsp3) is 0.161. The highest BCUT2D eigenvalue weighted by molar-refractivity contribution is 7.92. The average Bonchev–Trinajstić information content (AvgIpc) is 2.96. The van der Waals surface area contributed by atoms with Crippen LogP contribution in [-0.4, -0.2) is 27.1 Å². The van der Waals surface area contributed by atoms with Crippen LogP contribution >= 0.6 is 11.6 Å². The summed E-state index contributed by atoms with van der Waals surface area (Å²) in [5.74, 6) is 0.211. The average molecular weight is 576 g/mol. The fourth-order valence-corrected chi connectivity index (χ4v) is 5.47. The highest BCUT2D eigenvalue weighted by Crippen LogP contribution is 2.30. The Kier molecular flexibility index (Phi) is 9.58. The highest BCUT2D eigenvalue weighted by atomic mass is 35.5. The zero-order valence-electron chi connectivity index (χ0n) is 22.2. The molecule has 0 saturated carbocycles. The van der Waals surface area contributed by atoms with E-state index in [9.17, 15) is 13.2 Å². The number of anilines is 1. The van der Waals surface area contributed by atoms with Crippen LogP contribution in [0.3, 0.4) is 0 Å². The number of hydrogen-bond donors (Lipinski definition) is 1. The zero-order chi connectivity index (χ0) is 28.5. The van der Waals surface area contributed by atoms with Crippen molar-refractivity contribution in [2.45, 2.75) is 31.7 Å². The van der Waals surface area contributed by atoms with Crippen molar-refractivity contribution in [1.82, 2.24) is 5.43 Å². The number of carbonyl (C=O) groups is 1. The Morgan fingerprint density at radius 3 is 2.30 bits per heavy atom. The summed E-state index contributed by atoms with van der Waals surface area (Å²) in [5, 5.41) is 4.63. The molecule has 0 heterocycles. The van der Waals surface area contributed by atoms with E-state index < -0.39 is 15.9 Å². The van der Waals surface area contributed by atoms with Gasteiger partial charge in [-0.05, 0) is 85.1 Å². The van der Waals surface area contributed by atoms with Gasteiger partial charge >= 0.3 is 0 Å². The molecule has 7 nitrogen and oxygen atoms in total. The first kappa shape index (κ1) is 28.9. The Morgan fingerprint density at radius 2 is 1.62 bits per heavy atom. The van der Waals surface area contributed by atoms with Crippen LogP contribution < -0.4 is 14.5 Å². The predicted molar refractivity (Wildman–Crippen MR) is 160 cm³/mol. The third kappa shape index (κ3) is 7.28. The second kappa shape index (κ2) is 13.3. The number of rotatable bonds is 11. The molecular weight excluding hydrogens is 546 g/mol. The number of halogens is 1. The van der Waals surface area contributed by atoms with Gasteiger partial charge in [-0.2, -0.15) is 5.10 Å². The Balaban J connectivity index is 1.63. The van der Waals surface area contributed by atoms with Gasteiger partial charge in [-0.3, -0.25) is 9.10 Å². The van der Waals surface area contributed by atoms with Crippen LogP contribution in [0.1, 0.15) is 40.4 Å². The topological polar surface area (TPSA) is 88.1 Å². The van der Waals surface area contributed by atoms with Crippen LogP contribution in [0.4, 0.5) is 5.69 Å². The summed E-state index contributed by atoms with van der Waals surface area (Å²) in [6.07, 6.45) is 2.43. The van der Waals surface area contributed by atoms with Gasteiger partial charge in [-0.25, -0.2) is 13.8 Å². The van der Waals surface area contributed by atoms with E-state index in [0.717, 1.165) is 23.3 Å². The SMILES string of the molecule is CCCOc1ccc(/C=N\NC(=O)c2ccccc2N(Cc2ccc(Cl)cc2)S(=O)(=O)c2ccc(C)cc2)cc1. The molecule has 4 rings (SSSR count). The van der Waals surface area contributed by atoms with Gasteiger partial charge in [-0.15, -0.1) is 0 Å². The molecule has 40 heavy (non-hydrogen) atoms. The molecule has 0 atom stereocenters. The zero-order valence-corrected chi connectivity index (χ0v) is 23.8. The predicted octanol–water partition coefficient (Wildman–Crippen LogP) is 6.60. The summed E-state index contributed by atoms with van der Waals surface area (Å²) in [6.45, 7) is 4.55. The van der Waals surface area contributed by atoms with Gasteiger partial charge in [-0.1, -0.05) is 60.5 Å². The number of ether oxygens (including phenoxy) is 1. The van der Waals surface area contributed by atoms with Gasteiger partial charge in [0.05, 0.1) is 35.5 Å². The van der Waals surface area contributed by atoms with E-state index in [-0.39, 0.29) is 22.7 Å². The molecule has 0 unspecified atom stereocenters. The van der Waals surface area contributed by atoms with Gasteiger partial charge < -0.3 is 4.74 Å². The molecule has 0 fully saturated rings. The molecule has 1 N–H and O–H groups in total. The molecule has 0 radical (unpaired) electrons. The van der Waals surface area contributed by atoms with E-state index in [2.05, 4.69) is 10.5 Å². The second-order valence-electron chi connectivity index (χ2n) is 9.08. The van der Waals surface area contributed by atoms with Crippen molar-refractivity contribution in [1.29, 1.82) is 0 Å². The van der Waals surface area contributed by atoms with Gasteiger partial charge in [0.1, 0.15) is 5.75 Å². The van der Waals surface area contributed by atoms with Crippen molar-refractivity contribution in [3.05, 3.63) is 124 Å². The highest BCUT2D eigenvalue weighted by Gasteiger charge is 2.28. The lowest BCUT2D eigenvalue weighted by atomic mass is 10.1. The molecular formula is C31H30ClN3O4S. The first-order valence-corrected chi connectivity index (χ1v) is 14.6. The van der Waals surface area contributed by atoms with Crippen molar-refractivity contribution < 1.29 is 17.9 Å². The second-order valence-corrected chi connectivity index (χ2v) is 11.4. The number of para-hydroxylation sites is 1. The number of hydrogen-bond acceptors (Lipinski definition) is 5. The number of sulfonamides is 1. The normalized spacial score (nSPS) is 11.4. The number of amides is 1. The Hall–Kier alpha value is -4.14. The van der Waals surface area contributed by atoms with Crippen molar-refractivity contribution in [3.8, 4) is 5.75 Å². The van der Waals surface area contributed by atoms with Gasteiger partial charge in [0.2, 0.25) is 0 Å². The van der Waals surface area contributed by atoms with Crippen LogP contribution in [-0.2, 0) is 16.6 Å². The standard InChI is InChI=1S/C31H30ClN3O4S/c1-3-20-39-27-16-12-24(13-17-27)21-33-34-31(36)29-6-4-5-7-30(29)35(22-25-10-14-26(32)15-11-25)40(37,38)28-18-8-23(2)9-19-28/h4-19,21H,3,20,22H2,1-2H3,(H,34,36)/b33-21-. The molecule has 0 aliphatic rings. The number of hydrazone groups is 1.